The molecule has 0 aliphatic heterocycles. The van der Waals surface area contributed by atoms with Gasteiger partial charge in [-0.3, -0.25) is 9.59 Å². The van der Waals surface area contributed by atoms with E-state index in [1.807, 2.05) is 6.92 Å². The number of nitrogens with one attached hydrogen (secondary N) is 3. The molecular formula is C12H12ClN5O2. The maximum atomic E-state index is 12.1. The average molecular weight is 294 g/mol. The zero-order valence-electron chi connectivity index (χ0n) is 10.6. The summed E-state index contributed by atoms with van der Waals surface area (Å²) in [6, 6.07) is 5.91. The number of anilines is 2. The lowest BCUT2D eigenvalue weighted by atomic mass is 10.3. The van der Waals surface area contributed by atoms with Crippen LogP contribution >= 0.6 is 11.6 Å². The first-order valence-electron chi connectivity index (χ1n) is 5.87. The van der Waals surface area contributed by atoms with Crippen LogP contribution < -0.4 is 16.2 Å². The minimum atomic E-state index is -0.505. The van der Waals surface area contributed by atoms with Crippen LogP contribution in [-0.2, 0) is 0 Å². The van der Waals surface area contributed by atoms with Gasteiger partial charge in [0.15, 0.2) is 5.82 Å². The summed E-state index contributed by atoms with van der Waals surface area (Å²) in [4.78, 5) is 27.1. The van der Waals surface area contributed by atoms with Gasteiger partial charge in [-0.25, -0.2) is 10.1 Å². The van der Waals surface area contributed by atoms with Crippen LogP contribution in [0.4, 0.5) is 11.6 Å². The summed E-state index contributed by atoms with van der Waals surface area (Å²) in [6.45, 7) is 2.59. The first-order valence-corrected chi connectivity index (χ1v) is 6.25. The zero-order valence-corrected chi connectivity index (χ0v) is 11.4. The molecule has 0 radical (unpaired) electrons. The summed E-state index contributed by atoms with van der Waals surface area (Å²) < 4.78 is 0. The van der Waals surface area contributed by atoms with Gasteiger partial charge in [-0.2, -0.15) is 5.10 Å². The van der Waals surface area contributed by atoms with Crippen molar-refractivity contribution in [2.45, 2.75) is 6.92 Å². The van der Waals surface area contributed by atoms with Crippen LogP contribution in [0.15, 0.2) is 29.1 Å². The number of carbonyl (C=O) groups excluding carboxylic acids is 1. The van der Waals surface area contributed by atoms with E-state index in [1.165, 1.54) is 12.1 Å². The number of amides is 1. The fourth-order valence-corrected chi connectivity index (χ4v) is 1.66. The average Bonchev–Trinajstić information content (AvgIpc) is 2.43. The number of carbonyl (C=O) groups is 1. The third-order valence-electron chi connectivity index (χ3n) is 2.34. The van der Waals surface area contributed by atoms with E-state index in [-0.39, 0.29) is 22.1 Å². The molecule has 0 aliphatic rings. The predicted molar refractivity (Wildman–Crippen MR) is 76.2 cm³/mol. The smallest absolute Gasteiger partial charge is 0.277 e. The van der Waals surface area contributed by atoms with Crippen LogP contribution in [0.25, 0.3) is 0 Å². The van der Waals surface area contributed by atoms with Crippen LogP contribution in [0.3, 0.4) is 0 Å². The van der Waals surface area contributed by atoms with Crippen LogP contribution in [-0.4, -0.2) is 27.6 Å². The Balaban J connectivity index is 2.21. The number of pyridine rings is 1. The number of aromatic amines is 1. The lowest BCUT2D eigenvalue weighted by Gasteiger charge is -2.07. The highest BCUT2D eigenvalue weighted by Crippen LogP contribution is 2.17. The predicted octanol–water partition coefficient (Wildman–Crippen LogP) is 1.50. The molecule has 0 atom stereocenters. The molecular weight excluding hydrogens is 282 g/mol. The second-order valence-corrected chi connectivity index (χ2v) is 4.23. The van der Waals surface area contributed by atoms with Gasteiger partial charge in [0, 0.05) is 12.6 Å². The highest BCUT2D eigenvalue weighted by molar-refractivity contribution is 6.34. The van der Waals surface area contributed by atoms with Crippen LogP contribution in [0.5, 0.6) is 0 Å². The van der Waals surface area contributed by atoms with Crippen molar-refractivity contribution in [3.8, 4) is 0 Å². The molecule has 2 heterocycles. The summed E-state index contributed by atoms with van der Waals surface area (Å²) in [6.07, 6.45) is 0. The summed E-state index contributed by atoms with van der Waals surface area (Å²) in [5.74, 6) is 0.257. The lowest BCUT2D eigenvalue weighted by molar-refractivity contribution is 0.102. The number of hydrogen-bond acceptors (Lipinski definition) is 5. The van der Waals surface area contributed by atoms with E-state index in [4.69, 9.17) is 11.6 Å². The first kappa shape index (κ1) is 14.0. The molecule has 2 aromatic heterocycles. The summed E-state index contributed by atoms with van der Waals surface area (Å²) in [5, 5.41) is 11.6. The van der Waals surface area contributed by atoms with E-state index in [2.05, 4.69) is 25.8 Å². The zero-order chi connectivity index (χ0) is 14.5. The Labute approximate surface area is 119 Å². The van der Waals surface area contributed by atoms with Crippen LogP contribution in [0.2, 0.25) is 5.02 Å². The minimum Gasteiger partial charge on any atom is -0.370 e. The Hall–Kier alpha value is -2.41. The van der Waals surface area contributed by atoms with Gasteiger partial charge in [0.25, 0.3) is 11.5 Å². The van der Waals surface area contributed by atoms with E-state index < -0.39 is 5.91 Å². The Morgan fingerprint density at radius 3 is 2.70 bits per heavy atom. The van der Waals surface area contributed by atoms with Gasteiger partial charge in [0.2, 0.25) is 0 Å². The summed E-state index contributed by atoms with van der Waals surface area (Å²) >= 11 is 5.95. The molecule has 104 valence electrons. The van der Waals surface area contributed by atoms with E-state index in [0.717, 1.165) is 0 Å². The van der Waals surface area contributed by atoms with Crippen molar-refractivity contribution >= 4 is 29.1 Å². The summed E-state index contributed by atoms with van der Waals surface area (Å²) in [7, 11) is 0. The van der Waals surface area contributed by atoms with Crippen molar-refractivity contribution in [3.63, 3.8) is 0 Å². The molecule has 2 rings (SSSR count). The molecule has 0 bridgehead atoms. The highest BCUT2D eigenvalue weighted by Gasteiger charge is 2.14. The molecule has 0 fully saturated rings. The molecule has 2 aromatic rings. The second-order valence-electron chi connectivity index (χ2n) is 3.82. The number of hydrogen-bond donors (Lipinski definition) is 3. The molecule has 0 aromatic carbocycles. The topological polar surface area (TPSA) is 99.8 Å². The Kier molecular flexibility index (Phi) is 4.31. The molecule has 0 saturated carbocycles. The third kappa shape index (κ3) is 3.33. The highest BCUT2D eigenvalue weighted by atomic mass is 35.5. The number of nitrogens with zero attached hydrogens (tertiary/aromatic N) is 2. The number of H-pyrrole nitrogens is 1. The van der Waals surface area contributed by atoms with Gasteiger partial charge in [-0.1, -0.05) is 11.6 Å². The van der Waals surface area contributed by atoms with Crippen molar-refractivity contribution in [1.29, 1.82) is 0 Å². The van der Waals surface area contributed by atoms with Gasteiger partial charge in [-0.15, -0.1) is 0 Å². The number of halogens is 1. The van der Waals surface area contributed by atoms with E-state index in [9.17, 15) is 9.59 Å². The fraction of sp³-hybridized carbons (Fsp3) is 0.167. The van der Waals surface area contributed by atoms with Gasteiger partial charge in [0.05, 0.1) is 5.02 Å². The molecule has 20 heavy (non-hydrogen) atoms. The van der Waals surface area contributed by atoms with E-state index >= 15 is 0 Å². The molecule has 0 spiro atoms. The largest absolute Gasteiger partial charge is 0.370 e. The third-order valence-corrected chi connectivity index (χ3v) is 2.64. The molecule has 0 saturated heterocycles. The normalized spacial score (nSPS) is 10.1. The van der Waals surface area contributed by atoms with Crippen molar-refractivity contribution in [2.24, 2.45) is 0 Å². The Morgan fingerprint density at radius 2 is 2.05 bits per heavy atom. The molecule has 8 heteroatoms. The quantitative estimate of drug-likeness (QED) is 0.793. The molecule has 7 nitrogen and oxygen atoms in total. The maximum Gasteiger partial charge on any atom is 0.277 e. The molecule has 0 unspecified atom stereocenters. The lowest BCUT2D eigenvalue weighted by Crippen LogP contribution is -2.18. The van der Waals surface area contributed by atoms with Gasteiger partial charge in [0.1, 0.15) is 11.5 Å². The number of aromatic nitrogens is 3. The van der Waals surface area contributed by atoms with Crippen molar-refractivity contribution in [1.82, 2.24) is 15.2 Å². The Bertz CT molecular complexity index is 665. The molecule has 0 aliphatic carbocycles. The first-order chi connectivity index (χ1) is 9.60. The standard InChI is InChI=1S/C12H12ClN5O2/c1-2-14-8-4-3-7(13)11(15-8)12(20)16-9-5-6-10(19)18-17-9/h3-6H,2H2,1H3,(H,14,15)(H,18,19)(H,16,17,20). The molecule has 1 amide bonds. The molecule has 3 N–H and O–H groups in total. The van der Waals surface area contributed by atoms with Crippen molar-refractivity contribution < 1.29 is 4.79 Å². The SMILES string of the molecule is CCNc1ccc(Cl)c(C(=O)Nc2ccc(=O)[nH]n2)n1. The van der Waals surface area contributed by atoms with Crippen LogP contribution in [0.1, 0.15) is 17.4 Å². The Morgan fingerprint density at radius 1 is 1.30 bits per heavy atom. The number of rotatable bonds is 4. The monoisotopic (exact) mass is 293 g/mol. The van der Waals surface area contributed by atoms with Gasteiger partial charge < -0.3 is 10.6 Å². The van der Waals surface area contributed by atoms with E-state index in [0.29, 0.717) is 12.4 Å². The van der Waals surface area contributed by atoms with Crippen molar-refractivity contribution in [2.75, 3.05) is 17.2 Å². The van der Waals surface area contributed by atoms with Crippen LogP contribution in [0, 0.1) is 0 Å². The van der Waals surface area contributed by atoms with Gasteiger partial charge >= 0.3 is 0 Å². The maximum absolute atomic E-state index is 12.1. The second kappa shape index (κ2) is 6.16. The fourth-order valence-electron chi connectivity index (χ4n) is 1.47. The minimum absolute atomic E-state index is 0.0816. The van der Waals surface area contributed by atoms with Crippen molar-refractivity contribution in [3.05, 3.63) is 45.3 Å². The summed E-state index contributed by atoms with van der Waals surface area (Å²) in [5.41, 5.74) is -0.272. The van der Waals surface area contributed by atoms with Gasteiger partial charge in [-0.05, 0) is 25.1 Å². The van der Waals surface area contributed by atoms with E-state index in [1.54, 1.807) is 12.1 Å².